The van der Waals surface area contributed by atoms with Gasteiger partial charge >= 0.3 is 0 Å². The van der Waals surface area contributed by atoms with E-state index in [0.29, 0.717) is 6.54 Å². The van der Waals surface area contributed by atoms with Gasteiger partial charge in [-0.15, -0.1) is 0 Å². The summed E-state index contributed by atoms with van der Waals surface area (Å²) in [6.45, 7) is 1.69. The molecule has 0 amide bonds. The van der Waals surface area contributed by atoms with Crippen LogP contribution in [0, 0.1) is 5.82 Å². The molecule has 5 nitrogen and oxygen atoms in total. The maximum absolute atomic E-state index is 13.8. The molecule has 1 aliphatic heterocycles. The molecule has 1 aromatic carbocycles. The molecule has 21 heavy (non-hydrogen) atoms. The summed E-state index contributed by atoms with van der Waals surface area (Å²) in [6.07, 6.45) is 4.92. The second kappa shape index (κ2) is 6.22. The number of benzene rings is 1. The van der Waals surface area contributed by atoms with Crippen LogP contribution in [0.1, 0.15) is 36.7 Å². The van der Waals surface area contributed by atoms with Crippen molar-refractivity contribution in [1.82, 2.24) is 20.1 Å². The van der Waals surface area contributed by atoms with E-state index in [1.54, 1.807) is 12.1 Å². The highest BCUT2D eigenvalue weighted by Crippen LogP contribution is 2.30. The lowest BCUT2D eigenvalue weighted by Gasteiger charge is -2.34. The number of hydrogen-bond acceptors (Lipinski definition) is 4. The fourth-order valence-electron chi connectivity index (χ4n) is 2.91. The number of nitrogens with zero attached hydrogens (tertiary/aromatic N) is 3. The van der Waals surface area contributed by atoms with E-state index in [-0.39, 0.29) is 17.6 Å². The molecule has 1 aliphatic rings. The molecule has 112 valence electrons. The molecular weight excluding hydrogens is 271 g/mol. The van der Waals surface area contributed by atoms with Gasteiger partial charge in [0.25, 0.3) is 0 Å². The first-order valence-corrected chi connectivity index (χ1v) is 7.19. The average molecular weight is 290 g/mol. The number of hydrogen-bond donors (Lipinski definition) is 1. The first kappa shape index (κ1) is 14.0. The van der Waals surface area contributed by atoms with E-state index in [2.05, 4.69) is 20.1 Å². The zero-order valence-corrected chi connectivity index (χ0v) is 12.1. The number of methoxy groups -OCH3 is 1. The molecule has 3 rings (SSSR count). The Kier molecular flexibility index (Phi) is 4.15. The average Bonchev–Trinajstić information content (AvgIpc) is 3.02. The highest BCUT2D eigenvalue weighted by atomic mass is 19.1. The second-order valence-electron chi connectivity index (χ2n) is 5.32. The lowest BCUT2D eigenvalue weighted by molar-refractivity contribution is 0.134. The van der Waals surface area contributed by atoms with Gasteiger partial charge in [-0.05, 0) is 37.1 Å². The molecule has 1 N–H and O–H groups in total. The van der Waals surface area contributed by atoms with Crippen molar-refractivity contribution in [2.24, 2.45) is 0 Å². The van der Waals surface area contributed by atoms with Crippen LogP contribution in [-0.4, -0.2) is 33.7 Å². The molecule has 1 aromatic heterocycles. The largest absolute Gasteiger partial charge is 0.494 e. The Balaban J connectivity index is 1.77. The predicted octanol–water partition coefficient (Wildman–Crippen LogP) is 2.68. The number of nitrogens with one attached hydrogen (secondary N) is 1. The minimum atomic E-state index is -0.316. The third-order valence-corrected chi connectivity index (χ3v) is 3.96. The smallest absolute Gasteiger partial charge is 0.165 e. The maximum Gasteiger partial charge on any atom is 0.165 e. The van der Waals surface area contributed by atoms with Gasteiger partial charge in [0.15, 0.2) is 11.6 Å². The Hall–Kier alpha value is -1.95. The van der Waals surface area contributed by atoms with Crippen LogP contribution in [0.5, 0.6) is 5.75 Å². The van der Waals surface area contributed by atoms with Gasteiger partial charge in [0.1, 0.15) is 12.2 Å². The summed E-state index contributed by atoms with van der Waals surface area (Å²) in [7, 11) is 1.47. The summed E-state index contributed by atoms with van der Waals surface area (Å²) in [6, 6.07) is 5.36. The Morgan fingerprint density at radius 3 is 3.05 bits per heavy atom. The number of H-pyrrole nitrogens is 1. The van der Waals surface area contributed by atoms with E-state index < -0.39 is 0 Å². The molecule has 1 atom stereocenters. The van der Waals surface area contributed by atoms with Crippen molar-refractivity contribution in [2.75, 3.05) is 13.7 Å². The molecule has 2 aromatic rings. The van der Waals surface area contributed by atoms with Crippen molar-refractivity contribution in [3.63, 3.8) is 0 Å². The van der Waals surface area contributed by atoms with E-state index in [9.17, 15) is 4.39 Å². The van der Waals surface area contributed by atoms with Crippen molar-refractivity contribution < 1.29 is 9.13 Å². The lowest BCUT2D eigenvalue weighted by atomic mass is 10.0. The van der Waals surface area contributed by atoms with Gasteiger partial charge in [-0.3, -0.25) is 10.00 Å². The third-order valence-electron chi connectivity index (χ3n) is 3.96. The van der Waals surface area contributed by atoms with E-state index in [1.807, 2.05) is 6.07 Å². The minimum absolute atomic E-state index is 0.228. The highest BCUT2D eigenvalue weighted by molar-refractivity contribution is 5.29. The van der Waals surface area contributed by atoms with Gasteiger partial charge in [-0.2, -0.15) is 5.10 Å². The summed E-state index contributed by atoms with van der Waals surface area (Å²) < 4.78 is 18.8. The topological polar surface area (TPSA) is 54.0 Å². The summed E-state index contributed by atoms with van der Waals surface area (Å²) in [5.41, 5.74) is 0.944. The third kappa shape index (κ3) is 3.05. The Morgan fingerprint density at radius 2 is 2.33 bits per heavy atom. The first-order valence-electron chi connectivity index (χ1n) is 7.19. The fourth-order valence-corrected chi connectivity index (χ4v) is 2.91. The quantitative estimate of drug-likeness (QED) is 0.940. The minimum Gasteiger partial charge on any atom is -0.494 e. The number of rotatable bonds is 4. The Bertz CT molecular complexity index is 587. The van der Waals surface area contributed by atoms with E-state index in [1.165, 1.54) is 19.9 Å². The first-order chi connectivity index (χ1) is 10.3. The number of aromatic amines is 1. The number of halogens is 1. The van der Waals surface area contributed by atoms with Gasteiger partial charge < -0.3 is 4.74 Å². The molecule has 0 unspecified atom stereocenters. The standard InChI is InChI=1S/C15H19FN4O/c1-21-14-6-5-11(8-12(14)16)9-20-7-3-2-4-13(20)15-17-10-18-19-15/h5-6,8,10,13H,2-4,7,9H2,1H3,(H,17,18,19)/t13-/m1/s1. The molecule has 0 radical (unpaired) electrons. The number of likely N-dealkylation sites (tertiary alicyclic amines) is 1. The van der Waals surface area contributed by atoms with Crippen LogP contribution in [0.4, 0.5) is 4.39 Å². The predicted molar refractivity (Wildman–Crippen MR) is 76.3 cm³/mol. The van der Waals surface area contributed by atoms with Crippen LogP contribution >= 0.6 is 0 Å². The van der Waals surface area contributed by atoms with E-state index in [0.717, 1.165) is 30.8 Å². The molecule has 1 fully saturated rings. The number of ether oxygens (including phenoxy) is 1. The normalized spacial score (nSPS) is 19.6. The molecule has 2 heterocycles. The summed E-state index contributed by atoms with van der Waals surface area (Å²) in [5, 5.41) is 6.89. The van der Waals surface area contributed by atoms with Gasteiger partial charge in [-0.25, -0.2) is 9.37 Å². The lowest BCUT2D eigenvalue weighted by Crippen LogP contribution is -2.33. The molecule has 1 saturated heterocycles. The van der Waals surface area contributed by atoms with Gasteiger partial charge in [0.2, 0.25) is 0 Å². The van der Waals surface area contributed by atoms with Gasteiger partial charge in [0, 0.05) is 6.54 Å². The van der Waals surface area contributed by atoms with E-state index in [4.69, 9.17) is 4.74 Å². The van der Waals surface area contributed by atoms with Crippen molar-refractivity contribution >= 4 is 0 Å². The maximum atomic E-state index is 13.8. The zero-order chi connectivity index (χ0) is 14.7. The molecule has 0 spiro atoms. The van der Waals surface area contributed by atoms with E-state index >= 15 is 0 Å². The Labute approximate surface area is 123 Å². The van der Waals surface area contributed by atoms with Crippen molar-refractivity contribution in [3.05, 3.63) is 41.7 Å². The highest BCUT2D eigenvalue weighted by Gasteiger charge is 2.26. The number of aromatic nitrogens is 3. The summed E-state index contributed by atoms with van der Waals surface area (Å²) >= 11 is 0. The summed E-state index contributed by atoms with van der Waals surface area (Å²) in [4.78, 5) is 6.60. The molecule has 0 bridgehead atoms. The Morgan fingerprint density at radius 1 is 1.43 bits per heavy atom. The monoisotopic (exact) mass is 290 g/mol. The summed E-state index contributed by atoms with van der Waals surface area (Å²) in [5.74, 6) is 0.857. The molecular formula is C15H19FN4O. The van der Waals surface area contributed by atoms with Crippen molar-refractivity contribution in [3.8, 4) is 5.75 Å². The zero-order valence-electron chi connectivity index (χ0n) is 12.1. The molecule has 6 heteroatoms. The fraction of sp³-hybridized carbons (Fsp3) is 0.467. The van der Waals surface area contributed by atoms with Crippen LogP contribution in [-0.2, 0) is 6.54 Å². The van der Waals surface area contributed by atoms with Gasteiger partial charge in [-0.1, -0.05) is 12.5 Å². The molecule has 0 aliphatic carbocycles. The van der Waals surface area contributed by atoms with Gasteiger partial charge in [0.05, 0.1) is 13.2 Å². The van der Waals surface area contributed by atoms with Crippen LogP contribution in [0.15, 0.2) is 24.5 Å². The second-order valence-corrected chi connectivity index (χ2v) is 5.32. The van der Waals surface area contributed by atoms with Crippen LogP contribution < -0.4 is 4.74 Å². The van der Waals surface area contributed by atoms with Crippen LogP contribution in [0.25, 0.3) is 0 Å². The van der Waals surface area contributed by atoms with Crippen molar-refractivity contribution in [2.45, 2.75) is 31.8 Å². The number of piperidine rings is 1. The van der Waals surface area contributed by atoms with Crippen LogP contribution in [0.3, 0.4) is 0 Å². The van der Waals surface area contributed by atoms with Crippen LogP contribution in [0.2, 0.25) is 0 Å². The van der Waals surface area contributed by atoms with Crippen molar-refractivity contribution in [1.29, 1.82) is 0 Å². The SMILES string of the molecule is COc1ccc(CN2CCCC[C@@H]2c2ncn[nH]2)cc1F. The molecule has 0 saturated carbocycles.